The molecular formula is C10H21NO. The number of hydrogen-bond donors (Lipinski definition) is 2. The number of aliphatic hydroxyl groups excluding tert-OH is 1. The molecule has 3 atom stereocenters. The van der Waals surface area contributed by atoms with Crippen LogP contribution in [-0.4, -0.2) is 24.3 Å². The first-order chi connectivity index (χ1) is 5.74. The summed E-state index contributed by atoms with van der Waals surface area (Å²) < 4.78 is 0. The van der Waals surface area contributed by atoms with Gasteiger partial charge in [0.2, 0.25) is 0 Å². The minimum Gasteiger partial charge on any atom is -0.395 e. The van der Waals surface area contributed by atoms with Gasteiger partial charge in [-0.15, -0.1) is 0 Å². The Morgan fingerprint density at radius 3 is 2.58 bits per heavy atom. The van der Waals surface area contributed by atoms with Gasteiger partial charge in [-0.25, -0.2) is 0 Å². The Bertz CT molecular complexity index is 125. The van der Waals surface area contributed by atoms with Crippen LogP contribution < -0.4 is 5.32 Å². The molecule has 0 aromatic heterocycles. The van der Waals surface area contributed by atoms with Gasteiger partial charge in [-0.1, -0.05) is 13.8 Å². The van der Waals surface area contributed by atoms with E-state index in [0.717, 1.165) is 18.4 Å². The number of aliphatic hydroxyl groups is 1. The molecule has 1 fully saturated rings. The molecule has 0 aromatic carbocycles. The highest BCUT2D eigenvalue weighted by atomic mass is 16.3. The fraction of sp³-hybridized carbons (Fsp3) is 1.00. The summed E-state index contributed by atoms with van der Waals surface area (Å²) in [6.07, 6.45) is 3.90. The SMILES string of the molecule is C[C@@H]1CC[C@H](NCCO)C[C@H]1C. The molecule has 72 valence electrons. The van der Waals surface area contributed by atoms with E-state index >= 15 is 0 Å². The third kappa shape index (κ3) is 2.76. The van der Waals surface area contributed by atoms with E-state index in [4.69, 9.17) is 5.11 Å². The lowest BCUT2D eigenvalue weighted by Gasteiger charge is -2.32. The molecule has 2 N–H and O–H groups in total. The van der Waals surface area contributed by atoms with Crippen molar-refractivity contribution in [1.82, 2.24) is 5.32 Å². The number of rotatable bonds is 3. The first-order valence-electron chi connectivity index (χ1n) is 5.08. The van der Waals surface area contributed by atoms with E-state index in [9.17, 15) is 0 Å². The highest BCUT2D eigenvalue weighted by Crippen LogP contribution is 2.28. The van der Waals surface area contributed by atoms with Crippen LogP contribution in [0.2, 0.25) is 0 Å². The zero-order valence-corrected chi connectivity index (χ0v) is 8.21. The van der Waals surface area contributed by atoms with E-state index in [-0.39, 0.29) is 6.61 Å². The van der Waals surface area contributed by atoms with E-state index < -0.39 is 0 Å². The van der Waals surface area contributed by atoms with Gasteiger partial charge in [0.25, 0.3) is 0 Å². The van der Waals surface area contributed by atoms with Gasteiger partial charge in [0, 0.05) is 12.6 Å². The van der Waals surface area contributed by atoms with Gasteiger partial charge in [0.1, 0.15) is 0 Å². The summed E-state index contributed by atoms with van der Waals surface area (Å²) in [5.41, 5.74) is 0. The minimum atomic E-state index is 0.264. The average molecular weight is 171 g/mol. The molecule has 0 heterocycles. The monoisotopic (exact) mass is 171 g/mol. The van der Waals surface area contributed by atoms with Crippen molar-refractivity contribution in [3.05, 3.63) is 0 Å². The van der Waals surface area contributed by atoms with Crippen LogP contribution in [0.3, 0.4) is 0 Å². The third-order valence-electron chi connectivity index (χ3n) is 3.14. The van der Waals surface area contributed by atoms with Gasteiger partial charge in [-0.3, -0.25) is 0 Å². The molecule has 0 aromatic rings. The molecule has 0 aliphatic heterocycles. The maximum Gasteiger partial charge on any atom is 0.0556 e. The third-order valence-corrected chi connectivity index (χ3v) is 3.14. The maximum absolute atomic E-state index is 8.65. The lowest BCUT2D eigenvalue weighted by atomic mass is 9.79. The summed E-state index contributed by atoms with van der Waals surface area (Å²) in [4.78, 5) is 0. The molecule has 1 aliphatic carbocycles. The van der Waals surface area contributed by atoms with Gasteiger partial charge < -0.3 is 10.4 Å². The summed E-state index contributed by atoms with van der Waals surface area (Å²) in [5.74, 6) is 1.73. The molecule has 2 nitrogen and oxygen atoms in total. The summed E-state index contributed by atoms with van der Waals surface area (Å²) in [6.45, 7) is 5.69. The Morgan fingerprint density at radius 2 is 2.00 bits per heavy atom. The second-order valence-corrected chi connectivity index (χ2v) is 4.14. The fourth-order valence-electron chi connectivity index (χ4n) is 2.00. The molecule has 0 unspecified atom stereocenters. The van der Waals surface area contributed by atoms with Crippen molar-refractivity contribution in [2.75, 3.05) is 13.2 Å². The second kappa shape index (κ2) is 4.83. The molecule has 0 bridgehead atoms. The van der Waals surface area contributed by atoms with Crippen LogP contribution in [0, 0.1) is 11.8 Å². The first-order valence-corrected chi connectivity index (χ1v) is 5.08. The standard InChI is InChI=1S/C10H21NO/c1-8-3-4-10(7-9(8)2)11-5-6-12/h8-12H,3-7H2,1-2H3/t8-,9-,10+/m1/s1. The van der Waals surface area contributed by atoms with Crippen molar-refractivity contribution >= 4 is 0 Å². The minimum absolute atomic E-state index is 0.264. The summed E-state index contributed by atoms with van der Waals surface area (Å²) in [7, 11) is 0. The van der Waals surface area contributed by atoms with E-state index in [1.54, 1.807) is 0 Å². The average Bonchev–Trinajstić information content (AvgIpc) is 2.07. The van der Waals surface area contributed by atoms with Crippen LogP contribution in [0.4, 0.5) is 0 Å². The molecule has 2 heteroatoms. The summed E-state index contributed by atoms with van der Waals surface area (Å²) in [5, 5.41) is 12.0. The van der Waals surface area contributed by atoms with Crippen molar-refractivity contribution < 1.29 is 5.11 Å². The molecule has 1 aliphatic rings. The fourth-order valence-corrected chi connectivity index (χ4v) is 2.00. The van der Waals surface area contributed by atoms with Crippen molar-refractivity contribution in [3.63, 3.8) is 0 Å². The molecule has 1 rings (SSSR count). The van der Waals surface area contributed by atoms with Gasteiger partial charge >= 0.3 is 0 Å². The van der Waals surface area contributed by atoms with E-state index in [0.29, 0.717) is 6.04 Å². The largest absolute Gasteiger partial charge is 0.395 e. The predicted molar refractivity (Wildman–Crippen MR) is 51.1 cm³/mol. The van der Waals surface area contributed by atoms with Crippen molar-refractivity contribution in [3.8, 4) is 0 Å². The van der Waals surface area contributed by atoms with E-state index in [1.807, 2.05) is 0 Å². The van der Waals surface area contributed by atoms with Gasteiger partial charge in [0.15, 0.2) is 0 Å². The summed E-state index contributed by atoms with van der Waals surface area (Å²) in [6, 6.07) is 0.656. The molecule has 0 saturated heterocycles. The van der Waals surface area contributed by atoms with Crippen LogP contribution in [0.5, 0.6) is 0 Å². The topological polar surface area (TPSA) is 32.3 Å². The Hall–Kier alpha value is -0.0800. The molecule has 0 radical (unpaired) electrons. The molecule has 0 spiro atoms. The van der Waals surface area contributed by atoms with Gasteiger partial charge in [0.05, 0.1) is 6.61 Å². The Labute approximate surface area is 75.4 Å². The van der Waals surface area contributed by atoms with Crippen LogP contribution in [0.1, 0.15) is 33.1 Å². The lowest BCUT2D eigenvalue weighted by Crippen LogP contribution is -2.37. The van der Waals surface area contributed by atoms with Crippen LogP contribution in [0.25, 0.3) is 0 Å². The molecular weight excluding hydrogens is 150 g/mol. The van der Waals surface area contributed by atoms with Crippen molar-refractivity contribution in [1.29, 1.82) is 0 Å². The first kappa shape index (κ1) is 10.0. The van der Waals surface area contributed by atoms with Gasteiger partial charge in [-0.05, 0) is 31.1 Å². The zero-order valence-electron chi connectivity index (χ0n) is 8.21. The number of nitrogens with one attached hydrogen (secondary N) is 1. The van der Waals surface area contributed by atoms with Crippen LogP contribution in [0.15, 0.2) is 0 Å². The molecule has 1 saturated carbocycles. The van der Waals surface area contributed by atoms with Gasteiger partial charge in [-0.2, -0.15) is 0 Å². The van der Waals surface area contributed by atoms with Crippen molar-refractivity contribution in [2.24, 2.45) is 11.8 Å². The highest BCUT2D eigenvalue weighted by molar-refractivity contribution is 4.79. The maximum atomic E-state index is 8.65. The number of hydrogen-bond acceptors (Lipinski definition) is 2. The Morgan fingerprint density at radius 1 is 1.25 bits per heavy atom. The smallest absolute Gasteiger partial charge is 0.0556 e. The Balaban J connectivity index is 2.21. The highest BCUT2D eigenvalue weighted by Gasteiger charge is 2.23. The van der Waals surface area contributed by atoms with Crippen LogP contribution in [-0.2, 0) is 0 Å². The zero-order chi connectivity index (χ0) is 8.97. The van der Waals surface area contributed by atoms with Crippen molar-refractivity contribution in [2.45, 2.75) is 39.2 Å². The second-order valence-electron chi connectivity index (χ2n) is 4.14. The molecule has 12 heavy (non-hydrogen) atoms. The van der Waals surface area contributed by atoms with E-state index in [2.05, 4.69) is 19.2 Å². The summed E-state index contributed by atoms with van der Waals surface area (Å²) >= 11 is 0. The molecule has 0 amide bonds. The quantitative estimate of drug-likeness (QED) is 0.672. The predicted octanol–water partition coefficient (Wildman–Crippen LogP) is 1.39. The normalized spacial score (nSPS) is 36.8. The lowest BCUT2D eigenvalue weighted by molar-refractivity contribution is 0.212. The van der Waals surface area contributed by atoms with Crippen LogP contribution >= 0.6 is 0 Å². The Kier molecular flexibility index (Phi) is 4.02. The van der Waals surface area contributed by atoms with E-state index in [1.165, 1.54) is 19.3 Å².